The summed E-state index contributed by atoms with van der Waals surface area (Å²) in [4.78, 5) is 12.7. The first kappa shape index (κ1) is 23.3. The van der Waals surface area contributed by atoms with E-state index in [-0.39, 0.29) is 23.5 Å². The van der Waals surface area contributed by atoms with E-state index in [9.17, 15) is 13.2 Å². The Kier molecular flexibility index (Phi) is 7.06. The van der Waals surface area contributed by atoms with Gasteiger partial charge in [-0.25, -0.2) is 8.42 Å². The van der Waals surface area contributed by atoms with E-state index in [1.54, 1.807) is 25.1 Å². The van der Waals surface area contributed by atoms with Crippen LogP contribution < -0.4 is 10.1 Å². The molecule has 1 aliphatic heterocycles. The van der Waals surface area contributed by atoms with Crippen LogP contribution in [0.15, 0.2) is 35.2 Å². The van der Waals surface area contributed by atoms with Crippen LogP contribution in [0.5, 0.6) is 5.75 Å². The second-order valence-corrected chi connectivity index (χ2v) is 10.3. The molecule has 2 aromatic carbocycles. The maximum Gasteiger partial charge on any atom is 0.258 e. The first-order valence-corrected chi connectivity index (χ1v) is 12.1. The van der Waals surface area contributed by atoms with Gasteiger partial charge in [0.15, 0.2) is 6.61 Å². The molecular weight excluding hydrogens is 412 g/mol. The minimum Gasteiger partial charge on any atom is -0.484 e. The van der Waals surface area contributed by atoms with E-state index >= 15 is 0 Å². The van der Waals surface area contributed by atoms with Crippen molar-refractivity contribution in [2.24, 2.45) is 0 Å². The molecular formula is C24H32N2O4S. The summed E-state index contributed by atoms with van der Waals surface area (Å²) in [5, 5.41) is 2.98. The third-order valence-corrected chi connectivity index (χ3v) is 7.83. The number of carbonyl (C=O) groups excluding carboxylic acids is 1. The fourth-order valence-corrected chi connectivity index (χ4v) is 5.58. The van der Waals surface area contributed by atoms with Gasteiger partial charge >= 0.3 is 0 Å². The van der Waals surface area contributed by atoms with Gasteiger partial charge in [0.05, 0.1) is 10.9 Å². The van der Waals surface area contributed by atoms with Gasteiger partial charge in [-0.15, -0.1) is 0 Å². The summed E-state index contributed by atoms with van der Waals surface area (Å²) in [7, 11) is -3.47. The lowest BCUT2D eigenvalue weighted by molar-refractivity contribution is -0.123. The Morgan fingerprint density at radius 3 is 2.29 bits per heavy atom. The van der Waals surface area contributed by atoms with Crippen LogP contribution in [0.4, 0.5) is 0 Å². The zero-order valence-corrected chi connectivity index (χ0v) is 19.8. The van der Waals surface area contributed by atoms with E-state index in [1.165, 1.54) is 15.4 Å². The Bertz CT molecular complexity index is 1070. The van der Waals surface area contributed by atoms with Crippen LogP contribution >= 0.6 is 0 Å². The van der Waals surface area contributed by atoms with E-state index in [0.29, 0.717) is 24.4 Å². The van der Waals surface area contributed by atoms with E-state index < -0.39 is 10.0 Å². The van der Waals surface area contributed by atoms with Crippen LogP contribution in [-0.2, 0) is 14.8 Å². The highest BCUT2D eigenvalue weighted by atomic mass is 32.2. The number of hydrogen-bond acceptors (Lipinski definition) is 4. The number of rotatable bonds is 7. The second kappa shape index (κ2) is 9.40. The van der Waals surface area contributed by atoms with Gasteiger partial charge in [-0.1, -0.05) is 12.1 Å². The van der Waals surface area contributed by atoms with Crippen molar-refractivity contribution in [1.82, 2.24) is 9.62 Å². The predicted octanol–water partition coefficient (Wildman–Crippen LogP) is 3.96. The summed E-state index contributed by atoms with van der Waals surface area (Å²) in [6.45, 7) is 10.9. The Morgan fingerprint density at radius 1 is 1.00 bits per heavy atom. The lowest BCUT2D eigenvalue weighted by atomic mass is 9.96. The Labute approximate surface area is 185 Å². The molecule has 0 aliphatic carbocycles. The molecule has 1 atom stereocenters. The molecule has 1 fully saturated rings. The summed E-state index contributed by atoms with van der Waals surface area (Å²) in [5.74, 6) is 0.281. The van der Waals surface area contributed by atoms with Gasteiger partial charge in [0, 0.05) is 13.1 Å². The number of nitrogens with zero attached hydrogens (tertiary/aromatic N) is 1. The lowest BCUT2D eigenvalue weighted by Gasteiger charge is -2.19. The number of hydrogen-bond donors (Lipinski definition) is 1. The molecule has 0 saturated carbocycles. The van der Waals surface area contributed by atoms with Crippen molar-refractivity contribution in [2.45, 2.75) is 58.4 Å². The fourth-order valence-electron chi connectivity index (χ4n) is 3.98. The highest BCUT2D eigenvalue weighted by Gasteiger charge is 2.27. The van der Waals surface area contributed by atoms with Crippen molar-refractivity contribution in [3.63, 3.8) is 0 Å². The average molecular weight is 445 g/mol. The molecule has 168 valence electrons. The van der Waals surface area contributed by atoms with Gasteiger partial charge in [0.25, 0.3) is 5.91 Å². The molecule has 3 rings (SSSR count). The number of ether oxygens (including phenoxy) is 1. The van der Waals surface area contributed by atoms with E-state index in [1.807, 2.05) is 13.8 Å². The standard InChI is InChI=1S/C24H32N2O4S/c1-16-12-18(3)22(14-17(16)2)20(5)25-24(27)15-30-23-9-8-21(13-19(23)4)31(28,29)26-10-6-7-11-26/h8-9,12-14,20H,6-7,10-11,15H2,1-5H3,(H,25,27)/t20-/m1/s1. The first-order valence-electron chi connectivity index (χ1n) is 10.7. The van der Waals surface area contributed by atoms with Crippen LogP contribution in [0.2, 0.25) is 0 Å². The molecule has 0 unspecified atom stereocenters. The zero-order valence-electron chi connectivity index (χ0n) is 19.0. The minimum atomic E-state index is -3.47. The fraction of sp³-hybridized carbons (Fsp3) is 0.458. The molecule has 31 heavy (non-hydrogen) atoms. The van der Waals surface area contributed by atoms with E-state index in [2.05, 4.69) is 31.3 Å². The lowest BCUT2D eigenvalue weighted by Crippen LogP contribution is -2.31. The van der Waals surface area contributed by atoms with Crippen molar-refractivity contribution in [2.75, 3.05) is 19.7 Å². The number of carbonyl (C=O) groups is 1. The van der Waals surface area contributed by atoms with Crippen LogP contribution in [0.3, 0.4) is 0 Å². The molecule has 2 aromatic rings. The molecule has 6 nitrogen and oxygen atoms in total. The van der Waals surface area contributed by atoms with Crippen molar-refractivity contribution >= 4 is 15.9 Å². The van der Waals surface area contributed by atoms with Crippen LogP contribution in [0.25, 0.3) is 0 Å². The molecule has 0 radical (unpaired) electrons. The number of sulfonamides is 1. The summed E-state index contributed by atoms with van der Waals surface area (Å²) < 4.78 is 32.6. The predicted molar refractivity (Wildman–Crippen MR) is 122 cm³/mol. The van der Waals surface area contributed by atoms with Crippen LogP contribution in [0.1, 0.15) is 53.6 Å². The molecule has 1 N–H and O–H groups in total. The molecule has 0 bridgehead atoms. The Hall–Kier alpha value is -2.38. The Morgan fingerprint density at radius 2 is 1.65 bits per heavy atom. The van der Waals surface area contributed by atoms with Gasteiger partial charge < -0.3 is 10.1 Å². The minimum absolute atomic E-state index is 0.132. The number of nitrogens with one attached hydrogen (secondary N) is 1. The molecule has 1 saturated heterocycles. The molecule has 7 heteroatoms. The van der Waals surface area contributed by atoms with Gasteiger partial charge in [0.2, 0.25) is 10.0 Å². The molecule has 1 amide bonds. The number of benzene rings is 2. The van der Waals surface area contributed by atoms with E-state index in [4.69, 9.17) is 4.74 Å². The van der Waals surface area contributed by atoms with Crippen molar-refractivity contribution < 1.29 is 17.9 Å². The van der Waals surface area contributed by atoms with Crippen LogP contribution in [0, 0.1) is 27.7 Å². The smallest absolute Gasteiger partial charge is 0.258 e. The Balaban J connectivity index is 1.62. The summed E-state index contributed by atoms with van der Waals surface area (Å²) >= 11 is 0. The summed E-state index contributed by atoms with van der Waals surface area (Å²) in [5.41, 5.74) is 5.34. The van der Waals surface area contributed by atoms with Gasteiger partial charge in [-0.2, -0.15) is 4.31 Å². The largest absolute Gasteiger partial charge is 0.484 e. The van der Waals surface area contributed by atoms with E-state index in [0.717, 1.165) is 24.0 Å². The van der Waals surface area contributed by atoms with Crippen molar-refractivity contribution in [3.05, 3.63) is 58.1 Å². The monoisotopic (exact) mass is 444 g/mol. The van der Waals surface area contributed by atoms with Crippen LogP contribution in [-0.4, -0.2) is 38.3 Å². The molecule has 1 heterocycles. The van der Waals surface area contributed by atoms with Crippen molar-refractivity contribution in [3.8, 4) is 5.75 Å². The average Bonchev–Trinajstić information content (AvgIpc) is 3.25. The highest BCUT2D eigenvalue weighted by molar-refractivity contribution is 7.89. The summed E-state index contributed by atoms with van der Waals surface area (Å²) in [6, 6.07) is 8.90. The molecule has 0 aromatic heterocycles. The molecule has 1 aliphatic rings. The third-order valence-electron chi connectivity index (χ3n) is 5.93. The van der Waals surface area contributed by atoms with Gasteiger partial charge in [0.1, 0.15) is 5.75 Å². The SMILES string of the molecule is Cc1cc(C)c([C@@H](C)NC(=O)COc2ccc(S(=O)(=O)N3CCCC3)cc2C)cc1C. The van der Waals surface area contributed by atoms with Crippen molar-refractivity contribution in [1.29, 1.82) is 0 Å². The quantitative estimate of drug-likeness (QED) is 0.701. The zero-order chi connectivity index (χ0) is 22.8. The second-order valence-electron chi connectivity index (χ2n) is 8.41. The topological polar surface area (TPSA) is 75.7 Å². The number of amides is 1. The highest BCUT2D eigenvalue weighted by Crippen LogP contribution is 2.26. The summed E-state index contributed by atoms with van der Waals surface area (Å²) in [6.07, 6.45) is 1.79. The van der Waals surface area contributed by atoms with Gasteiger partial charge in [-0.3, -0.25) is 4.79 Å². The third kappa shape index (κ3) is 5.28. The maximum atomic E-state index is 12.7. The number of aryl methyl sites for hydroxylation is 4. The normalized spacial score (nSPS) is 15.6. The first-order chi connectivity index (χ1) is 14.6. The van der Waals surface area contributed by atoms with Gasteiger partial charge in [-0.05, 0) is 93.5 Å². The maximum absolute atomic E-state index is 12.7. The molecule has 0 spiro atoms.